The molecule has 7 heteroatoms. The van der Waals surface area contributed by atoms with Gasteiger partial charge in [-0.3, -0.25) is 24.7 Å². The molecule has 0 atom stereocenters. The van der Waals surface area contributed by atoms with Crippen molar-refractivity contribution in [3.63, 3.8) is 0 Å². The zero-order valence-corrected chi connectivity index (χ0v) is 9.61. The summed E-state index contributed by atoms with van der Waals surface area (Å²) < 4.78 is 4.79. The van der Waals surface area contributed by atoms with Crippen molar-refractivity contribution in [3.8, 4) is 0 Å². The van der Waals surface area contributed by atoms with Gasteiger partial charge in [0.25, 0.3) is 11.8 Å². The number of amides is 3. The second kappa shape index (κ2) is 6.97. The van der Waals surface area contributed by atoms with E-state index in [1.54, 1.807) is 0 Å². The highest BCUT2D eigenvalue weighted by atomic mass is 16.5. The van der Waals surface area contributed by atoms with Crippen LogP contribution in [0, 0.1) is 0 Å². The van der Waals surface area contributed by atoms with Crippen LogP contribution in [0.3, 0.4) is 0 Å². The van der Waals surface area contributed by atoms with Crippen molar-refractivity contribution in [1.82, 2.24) is 10.3 Å². The molecule has 96 valence electrons. The molecule has 1 aliphatic rings. The maximum absolute atomic E-state index is 11.3. The molecule has 1 fully saturated rings. The number of unbranched alkanes of at least 4 members (excludes halogenated alkanes) is 2. The van der Waals surface area contributed by atoms with E-state index in [-0.39, 0.29) is 30.9 Å². The van der Waals surface area contributed by atoms with Crippen LogP contribution in [0.2, 0.25) is 0 Å². The molecule has 0 radical (unpaired) electrons. The minimum Gasteiger partial charge on any atom is -0.362 e. The molecule has 0 aromatic carbocycles. The Hall–Kier alpha value is -1.47. The lowest BCUT2D eigenvalue weighted by molar-refractivity contribution is -0.158. The van der Waals surface area contributed by atoms with E-state index >= 15 is 0 Å². The Balaban J connectivity index is 2.15. The lowest BCUT2D eigenvalue weighted by Crippen LogP contribution is -2.46. The van der Waals surface area contributed by atoms with Gasteiger partial charge in [-0.2, -0.15) is 0 Å². The van der Waals surface area contributed by atoms with Gasteiger partial charge in [-0.15, -0.1) is 0 Å². The summed E-state index contributed by atoms with van der Waals surface area (Å²) in [5.74, 6) is 4.14. The van der Waals surface area contributed by atoms with Crippen molar-refractivity contribution in [1.29, 1.82) is 0 Å². The van der Waals surface area contributed by atoms with Gasteiger partial charge < -0.3 is 4.74 Å². The fraction of sp³-hybridized carbons (Fsp3) is 0.700. The molecule has 7 nitrogen and oxygen atoms in total. The summed E-state index contributed by atoms with van der Waals surface area (Å²) in [5, 5.41) is 0. The van der Waals surface area contributed by atoms with Crippen molar-refractivity contribution in [3.05, 3.63) is 0 Å². The van der Waals surface area contributed by atoms with Crippen LogP contribution in [0.5, 0.6) is 0 Å². The predicted molar refractivity (Wildman–Crippen MR) is 58.3 cm³/mol. The maximum atomic E-state index is 11.3. The van der Waals surface area contributed by atoms with Gasteiger partial charge in [0, 0.05) is 13.0 Å². The number of ether oxygens (including phenoxy) is 1. The summed E-state index contributed by atoms with van der Waals surface area (Å²) >= 11 is 0. The van der Waals surface area contributed by atoms with E-state index < -0.39 is 0 Å². The van der Waals surface area contributed by atoms with Crippen LogP contribution in [-0.4, -0.2) is 42.4 Å². The number of hydrogen-bond donors (Lipinski definition) is 2. The first-order valence-electron chi connectivity index (χ1n) is 5.55. The van der Waals surface area contributed by atoms with E-state index in [1.165, 1.54) is 4.90 Å². The number of carbonyl (C=O) groups is 3. The van der Waals surface area contributed by atoms with E-state index in [2.05, 4.69) is 0 Å². The minimum absolute atomic E-state index is 0.0265. The summed E-state index contributed by atoms with van der Waals surface area (Å²) in [7, 11) is 0. The van der Waals surface area contributed by atoms with Crippen LogP contribution in [0.15, 0.2) is 0 Å². The topological polar surface area (TPSA) is 102 Å². The molecule has 0 spiro atoms. The quantitative estimate of drug-likeness (QED) is 0.203. The average molecular weight is 243 g/mol. The summed E-state index contributed by atoms with van der Waals surface area (Å²) in [5.41, 5.74) is 2.05. The third-order valence-corrected chi connectivity index (χ3v) is 2.50. The number of morpholine rings is 1. The van der Waals surface area contributed by atoms with E-state index in [0.717, 1.165) is 6.42 Å². The van der Waals surface area contributed by atoms with Crippen LogP contribution in [0.4, 0.5) is 0 Å². The molecular formula is C10H17N3O4. The average Bonchev–Trinajstić information content (AvgIpc) is 2.31. The molecule has 0 unspecified atom stereocenters. The van der Waals surface area contributed by atoms with Crippen molar-refractivity contribution >= 4 is 17.7 Å². The third-order valence-electron chi connectivity index (χ3n) is 2.50. The third kappa shape index (κ3) is 4.49. The van der Waals surface area contributed by atoms with E-state index in [4.69, 9.17) is 10.6 Å². The van der Waals surface area contributed by atoms with Crippen molar-refractivity contribution in [2.45, 2.75) is 25.7 Å². The van der Waals surface area contributed by atoms with Crippen LogP contribution >= 0.6 is 0 Å². The fourth-order valence-electron chi connectivity index (χ4n) is 1.57. The number of imide groups is 1. The first-order chi connectivity index (χ1) is 8.15. The first kappa shape index (κ1) is 13.6. The van der Waals surface area contributed by atoms with Crippen molar-refractivity contribution in [2.24, 2.45) is 5.84 Å². The largest absolute Gasteiger partial charge is 0.362 e. The Morgan fingerprint density at radius 3 is 2.47 bits per heavy atom. The van der Waals surface area contributed by atoms with E-state index in [0.29, 0.717) is 25.8 Å². The monoisotopic (exact) mass is 243 g/mol. The van der Waals surface area contributed by atoms with Gasteiger partial charge in [0.1, 0.15) is 13.2 Å². The number of hydrazine groups is 1. The smallest absolute Gasteiger partial charge is 0.255 e. The standard InChI is InChI=1S/C10H17N3O4/c11-12-8(14)4-2-1-3-5-13-9(15)6-17-7-10(13)16/h1-7,11H2,(H,12,14). The van der Waals surface area contributed by atoms with Crippen LogP contribution in [-0.2, 0) is 19.1 Å². The zero-order valence-electron chi connectivity index (χ0n) is 9.61. The molecule has 1 rings (SSSR count). The molecule has 1 heterocycles. The van der Waals surface area contributed by atoms with Gasteiger partial charge in [0.2, 0.25) is 5.91 Å². The SMILES string of the molecule is NNC(=O)CCCCCN1C(=O)COCC1=O. The lowest BCUT2D eigenvalue weighted by atomic mass is 10.2. The highest BCUT2D eigenvalue weighted by molar-refractivity contribution is 5.98. The fourth-order valence-corrected chi connectivity index (χ4v) is 1.57. The Kier molecular flexibility index (Phi) is 5.58. The molecule has 17 heavy (non-hydrogen) atoms. The highest BCUT2D eigenvalue weighted by Crippen LogP contribution is 2.06. The van der Waals surface area contributed by atoms with Gasteiger partial charge in [-0.25, -0.2) is 5.84 Å². The molecule has 0 aliphatic carbocycles. The summed E-state index contributed by atoms with van der Waals surface area (Å²) in [4.78, 5) is 34.7. The maximum Gasteiger partial charge on any atom is 0.255 e. The molecule has 0 aromatic heterocycles. The number of nitrogens with one attached hydrogen (secondary N) is 1. The molecule has 3 amide bonds. The second-order valence-electron chi connectivity index (χ2n) is 3.81. The predicted octanol–water partition coefficient (Wildman–Crippen LogP) is -1.08. The number of rotatable bonds is 6. The first-order valence-corrected chi connectivity index (χ1v) is 5.55. The van der Waals surface area contributed by atoms with Crippen molar-refractivity contribution in [2.75, 3.05) is 19.8 Å². The van der Waals surface area contributed by atoms with Gasteiger partial charge in [0.15, 0.2) is 0 Å². The van der Waals surface area contributed by atoms with Crippen LogP contribution in [0.25, 0.3) is 0 Å². The zero-order chi connectivity index (χ0) is 12.7. The second-order valence-corrected chi connectivity index (χ2v) is 3.81. The molecule has 0 bridgehead atoms. The highest BCUT2D eigenvalue weighted by Gasteiger charge is 2.25. The Bertz CT molecular complexity index is 290. The van der Waals surface area contributed by atoms with Crippen LogP contribution < -0.4 is 11.3 Å². The summed E-state index contributed by atoms with van der Waals surface area (Å²) in [6, 6.07) is 0. The number of nitrogens with zero attached hydrogens (tertiary/aromatic N) is 1. The number of nitrogens with two attached hydrogens (primary N) is 1. The molecule has 1 saturated heterocycles. The molecule has 1 aliphatic heterocycles. The van der Waals surface area contributed by atoms with Gasteiger partial charge >= 0.3 is 0 Å². The number of carbonyl (C=O) groups excluding carboxylic acids is 3. The van der Waals surface area contributed by atoms with Gasteiger partial charge in [-0.05, 0) is 12.8 Å². The Morgan fingerprint density at radius 1 is 1.24 bits per heavy atom. The van der Waals surface area contributed by atoms with Crippen molar-refractivity contribution < 1.29 is 19.1 Å². The Morgan fingerprint density at radius 2 is 1.88 bits per heavy atom. The summed E-state index contributed by atoms with van der Waals surface area (Å²) in [6.45, 7) is 0.341. The molecule has 0 aromatic rings. The van der Waals surface area contributed by atoms with Gasteiger partial charge in [-0.1, -0.05) is 6.42 Å². The van der Waals surface area contributed by atoms with E-state index in [1.807, 2.05) is 5.43 Å². The molecule has 3 N–H and O–H groups in total. The number of hydrogen-bond acceptors (Lipinski definition) is 5. The van der Waals surface area contributed by atoms with E-state index in [9.17, 15) is 14.4 Å². The van der Waals surface area contributed by atoms with Gasteiger partial charge in [0.05, 0.1) is 0 Å². The normalized spacial score (nSPS) is 16.2. The molecule has 0 saturated carbocycles. The lowest BCUT2D eigenvalue weighted by Gasteiger charge is -2.24. The minimum atomic E-state index is -0.291. The molecular weight excluding hydrogens is 226 g/mol. The Labute approximate surface area is 99.2 Å². The van der Waals surface area contributed by atoms with Crippen LogP contribution in [0.1, 0.15) is 25.7 Å². The summed E-state index contributed by atoms with van der Waals surface area (Å²) in [6.07, 6.45) is 2.51.